The summed E-state index contributed by atoms with van der Waals surface area (Å²) in [7, 11) is 0. The van der Waals surface area contributed by atoms with Crippen molar-refractivity contribution in [3.05, 3.63) is 34.9 Å². The van der Waals surface area contributed by atoms with Gasteiger partial charge in [0.25, 0.3) is 0 Å². The molecule has 2 atom stereocenters. The zero-order chi connectivity index (χ0) is 18.0. The van der Waals surface area contributed by atoms with Crippen molar-refractivity contribution in [1.82, 2.24) is 0 Å². The van der Waals surface area contributed by atoms with E-state index in [1.165, 1.54) is 41.7 Å². The van der Waals surface area contributed by atoms with E-state index in [0.717, 1.165) is 32.1 Å². The van der Waals surface area contributed by atoms with Gasteiger partial charge in [0.15, 0.2) is 0 Å². The highest BCUT2D eigenvalue weighted by Gasteiger charge is 2.36. The number of thioether (sulfide) groups is 1. The molecule has 0 bridgehead atoms. The first-order valence-corrected chi connectivity index (χ1v) is 10.6. The van der Waals surface area contributed by atoms with Crippen LogP contribution in [-0.2, 0) is 0 Å². The summed E-state index contributed by atoms with van der Waals surface area (Å²) in [4.78, 5) is 0. The van der Waals surface area contributed by atoms with Gasteiger partial charge in [0.1, 0.15) is 0 Å². The maximum Gasteiger partial charge on any atom is 0.0687 e. The summed E-state index contributed by atoms with van der Waals surface area (Å²) in [5.41, 5.74) is 4.37. The first kappa shape index (κ1) is 21.6. The molecule has 0 spiro atoms. The van der Waals surface area contributed by atoms with Crippen LogP contribution in [0.3, 0.4) is 0 Å². The molecule has 24 heavy (non-hydrogen) atoms. The Balaban J connectivity index is 2.23. The normalized spacial score (nSPS) is 23.4. The number of hydrogen-bond acceptors (Lipinski definition) is 2. The summed E-state index contributed by atoms with van der Waals surface area (Å²) in [5.74, 6) is 1.21. The van der Waals surface area contributed by atoms with Gasteiger partial charge < -0.3 is 5.11 Å². The molecule has 0 radical (unpaired) electrons. The van der Waals surface area contributed by atoms with Crippen LogP contribution in [0.15, 0.2) is 34.9 Å². The van der Waals surface area contributed by atoms with Crippen molar-refractivity contribution >= 4 is 11.8 Å². The molecule has 1 aliphatic rings. The Labute approximate surface area is 154 Å². The predicted octanol–water partition coefficient (Wildman–Crippen LogP) is 6.83. The molecule has 1 rings (SSSR count). The average Bonchev–Trinajstić information content (AvgIpc) is 2.95. The number of aliphatic hydroxyl groups is 1. The molecule has 1 saturated heterocycles. The van der Waals surface area contributed by atoms with Gasteiger partial charge in [-0.2, -0.15) is 11.8 Å². The van der Waals surface area contributed by atoms with Crippen LogP contribution >= 0.6 is 11.8 Å². The Bertz CT molecular complexity index is 449. The summed E-state index contributed by atoms with van der Waals surface area (Å²) >= 11 is 1.95. The lowest BCUT2D eigenvalue weighted by Crippen LogP contribution is -2.33. The number of hydrogen-bond donors (Lipinski definition) is 1. The van der Waals surface area contributed by atoms with Crippen LogP contribution in [-0.4, -0.2) is 21.7 Å². The fourth-order valence-electron chi connectivity index (χ4n) is 3.20. The van der Waals surface area contributed by atoms with Crippen LogP contribution in [0.2, 0.25) is 0 Å². The quantitative estimate of drug-likeness (QED) is 0.436. The summed E-state index contributed by atoms with van der Waals surface area (Å²) in [6, 6.07) is 0. The summed E-state index contributed by atoms with van der Waals surface area (Å²) in [5, 5.41) is 10.4. The Hall–Kier alpha value is -0.470. The average molecular weight is 351 g/mol. The Morgan fingerprint density at radius 2 is 1.58 bits per heavy atom. The molecule has 0 aromatic carbocycles. The van der Waals surface area contributed by atoms with E-state index in [0.29, 0.717) is 0 Å². The van der Waals surface area contributed by atoms with Crippen molar-refractivity contribution in [2.75, 3.05) is 5.75 Å². The van der Waals surface area contributed by atoms with Gasteiger partial charge in [0, 0.05) is 4.75 Å². The lowest BCUT2D eigenvalue weighted by molar-refractivity contribution is 0.125. The third kappa shape index (κ3) is 8.58. The van der Waals surface area contributed by atoms with Crippen molar-refractivity contribution in [3.8, 4) is 0 Å². The largest absolute Gasteiger partial charge is 0.392 e. The van der Waals surface area contributed by atoms with Crippen molar-refractivity contribution < 1.29 is 5.11 Å². The van der Waals surface area contributed by atoms with Crippen LogP contribution < -0.4 is 0 Å². The monoisotopic (exact) mass is 350 g/mol. The SMILES string of the molecule is CC(C)=CCC/C(C)=C/CC/C(C)=C/CC[C@@H](O)[C@]1(C)CCCS1. The van der Waals surface area contributed by atoms with Crippen LogP contribution in [0.5, 0.6) is 0 Å². The zero-order valence-corrected chi connectivity index (χ0v) is 17.3. The molecule has 1 heterocycles. The maximum atomic E-state index is 10.4. The molecule has 0 aliphatic carbocycles. The second-order valence-electron chi connectivity index (χ2n) is 7.82. The van der Waals surface area contributed by atoms with Gasteiger partial charge in [-0.05, 0) is 91.7 Å². The second kappa shape index (κ2) is 11.2. The van der Waals surface area contributed by atoms with Crippen molar-refractivity contribution in [2.24, 2.45) is 0 Å². The van der Waals surface area contributed by atoms with E-state index in [1.807, 2.05) is 11.8 Å². The minimum Gasteiger partial charge on any atom is -0.392 e. The van der Waals surface area contributed by atoms with E-state index < -0.39 is 0 Å². The molecular weight excluding hydrogens is 312 g/mol. The molecule has 138 valence electrons. The Morgan fingerprint density at radius 3 is 2.12 bits per heavy atom. The van der Waals surface area contributed by atoms with Gasteiger partial charge in [0.2, 0.25) is 0 Å². The number of rotatable bonds is 10. The van der Waals surface area contributed by atoms with Crippen LogP contribution in [0.1, 0.15) is 86.0 Å². The fraction of sp³-hybridized carbons (Fsp3) is 0.727. The van der Waals surface area contributed by atoms with Crippen molar-refractivity contribution in [2.45, 2.75) is 96.8 Å². The first-order valence-electron chi connectivity index (χ1n) is 9.60. The van der Waals surface area contributed by atoms with Gasteiger partial charge in [0.05, 0.1) is 6.10 Å². The zero-order valence-electron chi connectivity index (χ0n) is 16.5. The number of allylic oxidation sites excluding steroid dienone is 6. The summed E-state index contributed by atoms with van der Waals surface area (Å²) < 4.78 is 0.104. The third-order valence-electron chi connectivity index (χ3n) is 5.01. The van der Waals surface area contributed by atoms with Crippen LogP contribution in [0.4, 0.5) is 0 Å². The first-order chi connectivity index (χ1) is 11.3. The van der Waals surface area contributed by atoms with E-state index in [-0.39, 0.29) is 10.9 Å². The van der Waals surface area contributed by atoms with Gasteiger partial charge in [-0.25, -0.2) is 0 Å². The molecule has 2 heteroatoms. The van der Waals surface area contributed by atoms with E-state index >= 15 is 0 Å². The summed E-state index contributed by atoms with van der Waals surface area (Å²) in [6.45, 7) is 11.0. The third-order valence-corrected chi connectivity index (χ3v) is 6.64. The molecule has 1 N–H and O–H groups in total. The highest BCUT2D eigenvalue weighted by Crippen LogP contribution is 2.41. The molecule has 0 unspecified atom stereocenters. The fourth-order valence-corrected chi connectivity index (χ4v) is 4.55. The lowest BCUT2D eigenvalue weighted by atomic mass is 9.94. The number of aliphatic hydroxyl groups excluding tert-OH is 1. The molecule has 0 aromatic heterocycles. The molecule has 1 aliphatic heterocycles. The topological polar surface area (TPSA) is 20.2 Å². The lowest BCUT2D eigenvalue weighted by Gasteiger charge is -2.28. The van der Waals surface area contributed by atoms with E-state index in [1.54, 1.807) is 0 Å². The Morgan fingerprint density at radius 1 is 1.00 bits per heavy atom. The van der Waals surface area contributed by atoms with E-state index in [4.69, 9.17) is 0 Å². The van der Waals surface area contributed by atoms with E-state index in [9.17, 15) is 5.11 Å². The summed E-state index contributed by atoms with van der Waals surface area (Å²) in [6.07, 6.45) is 15.8. The highest BCUT2D eigenvalue weighted by atomic mass is 32.2. The van der Waals surface area contributed by atoms with Gasteiger partial charge in [-0.15, -0.1) is 0 Å². The maximum absolute atomic E-state index is 10.4. The van der Waals surface area contributed by atoms with Crippen molar-refractivity contribution in [3.63, 3.8) is 0 Å². The smallest absolute Gasteiger partial charge is 0.0687 e. The van der Waals surface area contributed by atoms with Crippen molar-refractivity contribution in [1.29, 1.82) is 0 Å². The van der Waals surface area contributed by atoms with E-state index in [2.05, 4.69) is 52.8 Å². The highest BCUT2D eigenvalue weighted by molar-refractivity contribution is 8.00. The molecular formula is C22H38OS. The van der Waals surface area contributed by atoms with Crippen LogP contribution in [0.25, 0.3) is 0 Å². The molecule has 1 nitrogen and oxygen atoms in total. The second-order valence-corrected chi connectivity index (χ2v) is 9.45. The standard InChI is InChI=1S/C22H38OS/c1-18(2)10-6-11-19(3)12-7-13-20(4)14-8-15-21(23)22(5)16-9-17-24-22/h10,12,14,21,23H,6-9,11,13,15-17H2,1-5H3/b19-12+,20-14+/t21-,22+/m1/s1. The molecule has 0 aromatic rings. The van der Waals surface area contributed by atoms with Gasteiger partial charge in [-0.3, -0.25) is 0 Å². The minimum absolute atomic E-state index is 0.104. The molecule has 0 saturated carbocycles. The minimum atomic E-state index is -0.161. The molecule has 0 amide bonds. The molecule has 1 fully saturated rings. The van der Waals surface area contributed by atoms with Gasteiger partial charge >= 0.3 is 0 Å². The predicted molar refractivity (Wildman–Crippen MR) is 111 cm³/mol. The Kier molecular flexibility index (Phi) is 10.1. The van der Waals surface area contributed by atoms with Gasteiger partial charge in [-0.1, -0.05) is 34.9 Å². The van der Waals surface area contributed by atoms with Crippen LogP contribution in [0, 0.1) is 0 Å².